The van der Waals surface area contributed by atoms with Crippen molar-refractivity contribution in [2.75, 3.05) is 18.9 Å². The van der Waals surface area contributed by atoms with Crippen LogP contribution in [0.3, 0.4) is 0 Å². The number of sulfonamides is 1. The second-order valence-corrected chi connectivity index (χ2v) is 8.11. The van der Waals surface area contributed by atoms with Gasteiger partial charge in [0.15, 0.2) is 11.5 Å². The number of anilines is 1. The lowest BCUT2D eigenvalue weighted by Crippen LogP contribution is -2.19. The number of hydrazone groups is 1. The minimum atomic E-state index is -3.97. The number of aromatic hydroxyl groups is 1. The maximum atomic E-state index is 12.8. The average Bonchev–Trinajstić information content (AvgIpc) is 2.80. The molecule has 0 radical (unpaired) electrons. The van der Waals surface area contributed by atoms with Gasteiger partial charge in [-0.1, -0.05) is 24.3 Å². The Labute approximate surface area is 185 Å². The van der Waals surface area contributed by atoms with Gasteiger partial charge in [-0.15, -0.1) is 0 Å². The number of phenolic OH excluding ortho intramolecular Hbond substituents is 1. The van der Waals surface area contributed by atoms with Crippen molar-refractivity contribution in [2.45, 2.75) is 4.90 Å². The Kier molecular flexibility index (Phi) is 6.96. The van der Waals surface area contributed by atoms with E-state index in [1.54, 1.807) is 42.5 Å². The molecule has 0 atom stereocenters. The molecule has 0 bridgehead atoms. The molecule has 0 aromatic heterocycles. The van der Waals surface area contributed by atoms with E-state index in [0.29, 0.717) is 11.3 Å². The number of ether oxygens (including phenoxy) is 2. The molecule has 0 aliphatic carbocycles. The van der Waals surface area contributed by atoms with Crippen molar-refractivity contribution in [2.24, 2.45) is 5.10 Å². The van der Waals surface area contributed by atoms with E-state index in [1.807, 2.05) is 0 Å². The fraction of sp³-hybridized carbons (Fsp3) is 0.0909. The number of carbonyl (C=O) groups excluding carboxylic acids is 1. The molecular weight excluding hydrogens is 434 g/mol. The lowest BCUT2D eigenvalue weighted by molar-refractivity contribution is 0.0955. The molecule has 3 aromatic rings. The van der Waals surface area contributed by atoms with E-state index in [1.165, 1.54) is 44.7 Å². The molecule has 0 aliphatic rings. The number of benzene rings is 3. The van der Waals surface area contributed by atoms with Crippen LogP contribution in [0.1, 0.15) is 15.9 Å². The number of nitrogens with zero attached hydrogens (tertiary/aromatic N) is 1. The first-order valence-electron chi connectivity index (χ1n) is 9.31. The predicted molar refractivity (Wildman–Crippen MR) is 120 cm³/mol. The third kappa shape index (κ3) is 5.16. The van der Waals surface area contributed by atoms with Crippen molar-refractivity contribution in [3.63, 3.8) is 0 Å². The Morgan fingerprint density at radius 3 is 2.41 bits per heavy atom. The highest BCUT2D eigenvalue weighted by molar-refractivity contribution is 7.92. The van der Waals surface area contributed by atoms with Crippen molar-refractivity contribution >= 4 is 27.8 Å². The highest BCUT2D eigenvalue weighted by atomic mass is 32.2. The van der Waals surface area contributed by atoms with Crippen LogP contribution in [0.2, 0.25) is 0 Å². The molecule has 3 aromatic carbocycles. The van der Waals surface area contributed by atoms with Gasteiger partial charge in [-0.05, 0) is 42.5 Å². The van der Waals surface area contributed by atoms with Crippen LogP contribution in [0.15, 0.2) is 76.7 Å². The maximum absolute atomic E-state index is 12.8. The molecule has 0 saturated carbocycles. The standard InChI is InChI=1S/C22H21N3O6S/c1-30-19-11-4-3-10-18(19)25-32(28,29)17-9-5-7-15(13-17)22(27)24-23-14-16-8-6-12-20(31-2)21(16)26/h3-14,25-26H,1-2H3,(H,24,27). The second-order valence-electron chi connectivity index (χ2n) is 6.43. The van der Waals surface area contributed by atoms with E-state index >= 15 is 0 Å². The molecule has 0 heterocycles. The maximum Gasteiger partial charge on any atom is 0.271 e. The Morgan fingerprint density at radius 1 is 0.969 bits per heavy atom. The molecule has 0 unspecified atom stereocenters. The molecule has 1 amide bonds. The number of carbonyl (C=O) groups is 1. The fourth-order valence-corrected chi connectivity index (χ4v) is 3.89. The number of hydrogen-bond acceptors (Lipinski definition) is 7. The SMILES string of the molecule is COc1ccccc1NS(=O)(=O)c1cccc(C(=O)NN=Cc2cccc(OC)c2O)c1. The van der Waals surface area contributed by atoms with E-state index in [4.69, 9.17) is 9.47 Å². The number of rotatable bonds is 8. The van der Waals surface area contributed by atoms with Crippen molar-refractivity contribution in [1.29, 1.82) is 0 Å². The van der Waals surface area contributed by atoms with E-state index < -0.39 is 15.9 Å². The van der Waals surface area contributed by atoms with Crippen LogP contribution >= 0.6 is 0 Å². The highest BCUT2D eigenvalue weighted by Gasteiger charge is 2.18. The summed E-state index contributed by atoms with van der Waals surface area (Å²) in [5.74, 6) is -0.123. The molecule has 3 rings (SSSR count). The van der Waals surface area contributed by atoms with E-state index in [-0.39, 0.29) is 27.6 Å². The molecule has 0 aliphatic heterocycles. The molecule has 0 saturated heterocycles. The summed E-state index contributed by atoms with van der Waals surface area (Å²) in [5.41, 5.74) is 2.99. The predicted octanol–water partition coefficient (Wildman–Crippen LogP) is 2.97. The molecule has 0 spiro atoms. The van der Waals surface area contributed by atoms with Gasteiger partial charge >= 0.3 is 0 Å². The summed E-state index contributed by atoms with van der Waals surface area (Å²) < 4.78 is 38.2. The first-order chi connectivity index (χ1) is 15.4. The van der Waals surface area contributed by atoms with Crippen LogP contribution in [0.5, 0.6) is 17.2 Å². The number of phenols is 1. The topological polar surface area (TPSA) is 126 Å². The zero-order valence-electron chi connectivity index (χ0n) is 17.3. The summed E-state index contributed by atoms with van der Waals surface area (Å²) in [4.78, 5) is 12.3. The quantitative estimate of drug-likeness (QED) is 0.354. The Hall–Kier alpha value is -4.05. The van der Waals surface area contributed by atoms with Crippen molar-refractivity contribution in [3.8, 4) is 17.2 Å². The number of para-hydroxylation sites is 3. The normalized spacial score (nSPS) is 11.2. The lowest BCUT2D eigenvalue weighted by atomic mass is 10.2. The van der Waals surface area contributed by atoms with Crippen LogP contribution in [0, 0.1) is 0 Å². The zero-order valence-corrected chi connectivity index (χ0v) is 18.1. The number of amides is 1. The van der Waals surface area contributed by atoms with Crippen molar-refractivity contribution in [1.82, 2.24) is 5.43 Å². The van der Waals surface area contributed by atoms with Crippen LogP contribution in [-0.4, -0.2) is 39.9 Å². The number of methoxy groups -OCH3 is 2. The molecule has 32 heavy (non-hydrogen) atoms. The molecule has 166 valence electrons. The van der Waals surface area contributed by atoms with Gasteiger partial charge < -0.3 is 14.6 Å². The summed E-state index contributed by atoms with van der Waals surface area (Å²) in [6.07, 6.45) is 1.25. The summed E-state index contributed by atoms with van der Waals surface area (Å²) in [6, 6.07) is 16.9. The second kappa shape index (κ2) is 9.84. The third-order valence-corrected chi connectivity index (χ3v) is 5.74. The number of nitrogens with one attached hydrogen (secondary N) is 2. The van der Waals surface area contributed by atoms with Crippen LogP contribution in [0.25, 0.3) is 0 Å². The Balaban J connectivity index is 1.76. The van der Waals surface area contributed by atoms with Crippen LogP contribution in [0.4, 0.5) is 5.69 Å². The minimum absolute atomic E-state index is 0.0833. The minimum Gasteiger partial charge on any atom is -0.504 e. The van der Waals surface area contributed by atoms with Crippen molar-refractivity contribution < 1.29 is 27.8 Å². The molecule has 9 nitrogen and oxygen atoms in total. The Bertz CT molecular complexity index is 1260. The molecule has 10 heteroatoms. The monoisotopic (exact) mass is 455 g/mol. The zero-order chi connectivity index (χ0) is 23.1. The van der Waals surface area contributed by atoms with Gasteiger partial charge in [0, 0.05) is 11.1 Å². The van der Waals surface area contributed by atoms with Crippen LogP contribution in [-0.2, 0) is 10.0 Å². The van der Waals surface area contributed by atoms with Crippen LogP contribution < -0.4 is 19.6 Å². The summed E-state index contributed by atoms with van der Waals surface area (Å²) in [7, 11) is -1.12. The Morgan fingerprint density at radius 2 is 1.66 bits per heavy atom. The summed E-state index contributed by atoms with van der Waals surface area (Å²) >= 11 is 0. The number of hydrogen-bond donors (Lipinski definition) is 3. The first-order valence-corrected chi connectivity index (χ1v) is 10.8. The average molecular weight is 455 g/mol. The smallest absolute Gasteiger partial charge is 0.271 e. The third-order valence-electron chi connectivity index (χ3n) is 4.38. The van der Waals surface area contributed by atoms with Gasteiger partial charge in [0.1, 0.15) is 5.75 Å². The molecular formula is C22H21N3O6S. The van der Waals surface area contributed by atoms with Gasteiger partial charge in [0.05, 0.1) is 31.0 Å². The van der Waals surface area contributed by atoms with Gasteiger partial charge in [-0.2, -0.15) is 5.10 Å². The first kappa shape index (κ1) is 22.6. The van der Waals surface area contributed by atoms with E-state index in [9.17, 15) is 18.3 Å². The molecule has 0 fully saturated rings. The largest absolute Gasteiger partial charge is 0.504 e. The highest BCUT2D eigenvalue weighted by Crippen LogP contribution is 2.28. The van der Waals surface area contributed by atoms with E-state index in [0.717, 1.165) is 0 Å². The van der Waals surface area contributed by atoms with Gasteiger partial charge in [0.2, 0.25) is 0 Å². The van der Waals surface area contributed by atoms with E-state index in [2.05, 4.69) is 15.2 Å². The van der Waals surface area contributed by atoms with Crippen molar-refractivity contribution in [3.05, 3.63) is 77.9 Å². The van der Waals surface area contributed by atoms with Gasteiger partial charge in [-0.25, -0.2) is 13.8 Å². The summed E-state index contributed by atoms with van der Waals surface area (Å²) in [6.45, 7) is 0. The lowest BCUT2D eigenvalue weighted by Gasteiger charge is -2.12. The summed E-state index contributed by atoms with van der Waals surface area (Å²) in [5, 5.41) is 13.9. The van der Waals surface area contributed by atoms with Gasteiger partial charge in [-0.3, -0.25) is 9.52 Å². The molecule has 3 N–H and O–H groups in total. The van der Waals surface area contributed by atoms with Gasteiger partial charge in [0.25, 0.3) is 15.9 Å². The fourth-order valence-electron chi connectivity index (χ4n) is 2.77.